The Hall–Kier alpha value is -2.99. The Bertz CT molecular complexity index is 1050. The molecule has 5 nitrogen and oxygen atoms in total. The first kappa shape index (κ1) is 22.2. The number of nitrogens with one attached hydrogen (secondary N) is 1. The molecule has 1 fully saturated rings. The maximum absolute atomic E-state index is 13.1. The largest absolute Gasteiger partial charge is 0.348 e. The number of nitrogens with zero attached hydrogens (tertiary/aromatic N) is 3. The lowest BCUT2D eigenvalue weighted by molar-refractivity contribution is 0.0949. The van der Waals surface area contributed by atoms with Crippen LogP contribution in [0.3, 0.4) is 0 Å². The van der Waals surface area contributed by atoms with Crippen molar-refractivity contribution in [3.05, 3.63) is 88.5 Å². The Labute approximate surface area is 189 Å². The topological polar surface area (TPSA) is 50.2 Å². The van der Waals surface area contributed by atoms with E-state index in [-0.39, 0.29) is 11.7 Å². The average molecular weight is 435 g/mol. The van der Waals surface area contributed by atoms with Crippen LogP contribution in [0.5, 0.6) is 0 Å². The second-order valence-corrected chi connectivity index (χ2v) is 8.82. The van der Waals surface area contributed by atoms with E-state index in [9.17, 15) is 9.18 Å². The monoisotopic (exact) mass is 434 g/mol. The summed E-state index contributed by atoms with van der Waals surface area (Å²) in [5.74, 6) is 0.121. The van der Waals surface area contributed by atoms with Crippen LogP contribution in [0.4, 0.5) is 4.39 Å². The van der Waals surface area contributed by atoms with E-state index in [2.05, 4.69) is 46.5 Å². The molecular formula is C26H31FN4O. The summed E-state index contributed by atoms with van der Waals surface area (Å²) < 4.78 is 14.8. The van der Waals surface area contributed by atoms with Gasteiger partial charge in [0.15, 0.2) is 0 Å². The quantitative estimate of drug-likeness (QED) is 0.605. The highest BCUT2D eigenvalue weighted by Gasteiger charge is 2.24. The Kier molecular flexibility index (Phi) is 7.00. The molecule has 3 aromatic rings. The van der Waals surface area contributed by atoms with Crippen LogP contribution in [0.1, 0.15) is 45.6 Å². The average Bonchev–Trinajstić information content (AvgIpc) is 3.16. The molecule has 0 unspecified atom stereocenters. The van der Waals surface area contributed by atoms with Crippen LogP contribution in [0, 0.1) is 18.7 Å². The molecule has 0 saturated carbocycles. The second kappa shape index (κ2) is 10.1. The van der Waals surface area contributed by atoms with Crippen molar-refractivity contribution >= 4 is 5.91 Å². The molecule has 1 saturated heterocycles. The fraction of sp³-hybridized carbons (Fsp3) is 0.385. The molecule has 6 heteroatoms. The van der Waals surface area contributed by atoms with Gasteiger partial charge in [-0.25, -0.2) is 4.39 Å². The first-order valence-corrected chi connectivity index (χ1v) is 11.3. The maximum atomic E-state index is 13.1. The van der Waals surface area contributed by atoms with Crippen molar-refractivity contribution in [1.29, 1.82) is 0 Å². The minimum atomic E-state index is -0.278. The molecule has 1 N–H and O–H groups in total. The van der Waals surface area contributed by atoms with Gasteiger partial charge in [-0.1, -0.05) is 36.4 Å². The van der Waals surface area contributed by atoms with Gasteiger partial charge >= 0.3 is 0 Å². The van der Waals surface area contributed by atoms with E-state index in [1.807, 2.05) is 7.05 Å². The lowest BCUT2D eigenvalue weighted by Crippen LogP contribution is -2.34. The number of benzene rings is 2. The van der Waals surface area contributed by atoms with Gasteiger partial charge < -0.3 is 5.32 Å². The highest BCUT2D eigenvalue weighted by molar-refractivity contribution is 5.95. The van der Waals surface area contributed by atoms with E-state index in [0.29, 0.717) is 18.0 Å². The number of amides is 1. The number of piperidine rings is 1. The highest BCUT2D eigenvalue weighted by Crippen LogP contribution is 2.24. The van der Waals surface area contributed by atoms with E-state index in [4.69, 9.17) is 0 Å². The number of hydrogen-bond donors (Lipinski definition) is 1. The van der Waals surface area contributed by atoms with E-state index >= 15 is 0 Å². The van der Waals surface area contributed by atoms with Gasteiger partial charge in [0.1, 0.15) is 5.82 Å². The number of aryl methyl sites for hydroxylation is 2. The molecule has 2 aromatic carbocycles. The third-order valence-electron chi connectivity index (χ3n) is 6.36. The van der Waals surface area contributed by atoms with Gasteiger partial charge in [-0.2, -0.15) is 5.10 Å². The molecular weight excluding hydrogens is 403 g/mol. The lowest BCUT2D eigenvalue weighted by atomic mass is 9.90. The van der Waals surface area contributed by atoms with Gasteiger partial charge in [-0.15, -0.1) is 0 Å². The Morgan fingerprint density at radius 1 is 1.12 bits per heavy atom. The standard InChI is InChI=1S/C26H31FN4O/c1-19-5-3-4-6-22(19)17-31-13-11-20(12-14-31)15-25-24(18-30(2)29-25)26(32)28-16-21-7-9-23(27)10-8-21/h3-10,18,20H,11-17H2,1-2H3,(H,28,32). The molecule has 0 spiro atoms. The van der Waals surface area contributed by atoms with Gasteiger partial charge in [-0.05, 0) is 74.0 Å². The lowest BCUT2D eigenvalue weighted by Gasteiger charge is -2.32. The predicted octanol–water partition coefficient (Wildman–Crippen LogP) is 4.25. The van der Waals surface area contributed by atoms with Gasteiger partial charge in [-0.3, -0.25) is 14.4 Å². The van der Waals surface area contributed by atoms with Crippen LogP contribution in [0.15, 0.2) is 54.7 Å². The molecule has 1 aliphatic heterocycles. The summed E-state index contributed by atoms with van der Waals surface area (Å²) in [6.45, 7) is 5.67. The Morgan fingerprint density at radius 3 is 2.56 bits per heavy atom. The zero-order chi connectivity index (χ0) is 22.5. The molecule has 0 atom stereocenters. The van der Waals surface area contributed by atoms with Gasteiger partial charge in [0.05, 0.1) is 11.3 Å². The minimum Gasteiger partial charge on any atom is -0.348 e. The van der Waals surface area contributed by atoms with Crippen molar-refractivity contribution in [1.82, 2.24) is 20.0 Å². The molecule has 1 amide bonds. The third-order valence-corrected chi connectivity index (χ3v) is 6.36. The van der Waals surface area contributed by atoms with Crippen LogP contribution in [-0.2, 0) is 26.6 Å². The van der Waals surface area contributed by atoms with Crippen LogP contribution in [-0.4, -0.2) is 33.7 Å². The summed E-state index contributed by atoms with van der Waals surface area (Å²) in [7, 11) is 1.85. The van der Waals surface area contributed by atoms with E-state index < -0.39 is 0 Å². The van der Waals surface area contributed by atoms with Crippen LogP contribution in [0.2, 0.25) is 0 Å². The summed E-state index contributed by atoms with van der Waals surface area (Å²) in [5.41, 5.74) is 5.11. The first-order chi connectivity index (χ1) is 15.5. The number of hydrogen-bond acceptors (Lipinski definition) is 3. The van der Waals surface area contributed by atoms with Crippen molar-refractivity contribution in [2.75, 3.05) is 13.1 Å². The summed E-state index contributed by atoms with van der Waals surface area (Å²) in [5, 5.41) is 7.53. The normalized spacial score (nSPS) is 15.1. The van der Waals surface area contributed by atoms with Crippen molar-refractivity contribution < 1.29 is 9.18 Å². The number of halogens is 1. The molecule has 1 aromatic heterocycles. The summed E-state index contributed by atoms with van der Waals surface area (Å²) in [6.07, 6.45) is 4.83. The zero-order valence-corrected chi connectivity index (χ0v) is 18.9. The van der Waals surface area contributed by atoms with E-state index in [0.717, 1.165) is 50.2 Å². The number of carbonyl (C=O) groups excluding carboxylic acids is 1. The molecule has 32 heavy (non-hydrogen) atoms. The number of aromatic nitrogens is 2. The fourth-order valence-corrected chi connectivity index (χ4v) is 4.41. The van der Waals surface area contributed by atoms with Crippen molar-refractivity contribution in [2.45, 2.75) is 39.3 Å². The Morgan fingerprint density at radius 2 is 1.84 bits per heavy atom. The van der Waals surface area contributed by atoms with Gasteiger partial charge in [0.25, 0.3) is 5.91 Å². The number of rotatable bonds is 7. The fourth-order valence-electron chi connectivity index (χ4n) is 4.41. The number of carbonyl (C=O) groups is 1. The SMILES string of the molecule is Cc1ccccc1CN1CCC(Cc2nn(C)cc2C(=O)NCc2ccc(F)cc2)CC1. The molecule has 4 rings (SSSR count). The molecule has 0 bridgehead atoms. The molecule has 1 aliphatic rings. The van der Waals surface area contributed by atoms with Crippen LogP contribution in [0.25, 0.3) is 0 Å². The molecule has 0 radical (unpaired) electrons. The van der Waals surface area contributed by atoms with Gasteiger partial charge in [0, 0.05) is 26.3 Å². The molecule has 2 heterocycles. The summed E-state index contributed by atoms with van der Waals surface area (Å²) in [6, 6.07) is 14.8. The second-order valence-electron chi connectivity index (χ2n) is 8.82. The van der Waals surface area contributed by atoms with Crippen molar-refractivity contribution in [3.63, 3.8) is 0 Å². The predicted molar refractivity (Wildman–Crippen MR) is 124 cm³/mol. The van der Waals surface area contributed by atoms with Gasteiger partial charge in [0.2, 0.25) is 0 Å². The highest BCUT2D eigenvalue weighted by atomic mass is 19.1. The maximum Gasteiger partial charge on any atom is 0.255 e. The summed E-state index contributed by atoms with van der Waals surface area (Å²) >= 11 is 0. The third kappa shape index (κ3) is 5.62. The summed E-state index contributed by atoms with van der Waals surface area (Å²) in [4.78, 5) is 15.3. The van der Waals surface area contributed by atoms with Crippen LogP contribution >= 0.6 is 0 Å². The van der Waals surface area contributed by atoms with E-state index in [1.165, 1.54) is 23.3 Å². The van der Waals surface area contributed by atoms with Crippen molar-refractivity contribution in [2.24, 2.45) is 13.0 Å². The first-order valence-electron chi connectivity index (χ1n) is 11.3. The Balaban J connectivity index is 1.31. The minimum absolute atomic E-state index is 0.130. The molecule has 0 aliphatic carbocycles. The van der Waals surface area contributed by atoms with Crippen LogP contribution < -0.4 is 5.32 Å². The zero-order valence-electron chi connectivity index (χ0n) is 18.9. The van der Waals surface area contributed by atoms with Crippen molar-refractivity contribution in [3.8, 4) is 0 Å². The number of likely N-dealkylation sites (tertiary alicyclic amines) is 1. The molecule has 168 valence electrons. The smallest absolute Gasteiger partial charge is 0.255 e. The van der Waals surface area contributed by atoms with E-state index in [1.54, 1.807) is 23.0 Å².